The molecule has 2 amide bonds. The molecule has 17 heavy (non-hydrogen) atoms. The van der Waals surface area contributed by atoms with E-state index in [0.29, 0.717) is 18.0 Å². The third-order valence-corrected chi connectivity index (χ3v) is 2.03. The molecule has 0 radical (unpaired) electrons. The van der Waals surface area contributed by atoms with Gasteiger partial charge in [-0.05, 0) is 24.6 Å². The molecule has 0 aliphatic carbocycles. The molecule has 92 valence electrons. The second-order valence-electron chi connectivity index (χ2n) is 3.59. The van der Waals surface area contributed by atoms with Gasteiger partial charge in [-0.3, -0.25) is 9.59 Å². The molecule has 0 spiro atoms. The topological polar surface area (TPSA) is 81.4 Å². The van der Waals surface area contributed by atoms with Gasteiger partial charge < -0.3 is 15.8 Å². The van der Waals surface area contributed by atoms with Gasteiger partial charge in [-0.15, -0.1) is 0 Å². The minimum absolute atomic E-state index is 0.138. The number of primary amides is 1. The van der Waals surface area contributed by atoms with E-state index in [1.165, 1.54) is 6.92 Å². The number of anilines is 1. The van der Waals surface area contributed by atoms with Crippen molar-refractivity contribution >= 4 is 17.5 Å². The molecule has 1 rings (SSSR count). The highest BCUT2D eigenvalue weighted by Gasteiger charge is 2.07. The Morgan fingerprint density at radius 2 is 2.12 bits per heavy atom. The Balaban J connectivity index is 3.00. The number of carbonyl (C=O) groups is 2. The number of nitrogens with two attached hydrogens (primary N) is 1. The summed E-state index contributed by atoms with van der Waals surface area (Å²) in [6.07, 6.45) is 0.138. The van der Waals surface area contributed by atoms with E-state index in [1.807, 2.05) is 6.92 Å². The average molecular weight is 236 g/mol. The molecule has 5 nitrogen and oxygen atoms in total. The molecule has 0 aliphatic heterocycles. The van der Waals surface area contributed by atoms with Gasteiger partial charge in [-0.2, -0.15) is 0 Å². The lowest BCUT2D eigenvalue weighted by Crippen LogP contribution is -2.14. The van der Waals surface area contributed by atoms with Crippen molar-refractivity contribution in [2.24, 2.45) is 5.73 Å². The first kappa shape index (κ1) is 13.0. The zero-order chi connectivity index (χ0) is 12.8. The van der Waals surface area contributed by atoms with E-state index in [4.69, 9.17) is 10.5 Å². The summed E-state index contributed by atoms with van der Waals surface area (Å²) in [6.45, 7) is 3.77. The van der Waals surface area contributed by atoms with E-state index >= 15 is 0 Å². The van der Waals surface area contributed by atoms with Crippen LogP contribution in [-0.4, -0.2) is 18.4 Å². The quantitative estimate of drug-likeness (QED) is 0.802. The third kappa shape index (κ3) is 4.14. The molecule has 0 aromatic heterocycles. The number of hydrogen-bond acceptors (Lipinski definition) is 3. The first-order valence-corrected chi connectivity index (χ1v) is 5.34. The highest BCUT2D eigenvalue weighted by molar-refractivity contribution is 5.90. The Hall–Kier alpha value is -2.04. The van der Waals surface area contributed by atoms with Crippen LogP contribution in [0.3, 0.4) is 0 Å². The minimum atomic E-state index is -0.414. The van der Waals surface area contributed by atoms with Crippen LogP contribution >= 0.6 is 0 Å². The second kappa shape index (κ2) is 5.89. The predicted octanol–water partition coefficient (Wildman–Crippen LogP) is 1.07. The minimum Gasteiger partial charge on any atom is -0.492 e. The van der Waals surface area contributed by atoms with Crippen molar-refractivity contribution in [3.8, 4) is 5.75 Å². The summed E-state index contributed by atoms with van der Waals surface area (Å²) in [5.74, 6) is -0.0268. The van der Waals surface area contributed by atoms with Crippen LogP contribution in [0.4, 0.5) is 5.69 Å². The Bertz CT molecular complexity index is 430. The molecule has 0 bridgehead atoms. The summed E-state index contributed by atoms with van der Waals surface area (Å²) in [5.41, 5.74) is 6.41. The van der Waals surface area contributed by atoms with Gasteiger partial charge in [0.15, 0.2) is 0 Å². The van der Waals surface area contributed by atoms with Gasteiger partial charge in [0.05, 0.1) is 18.7 Å². The van der Waals surface area contributed by atoms with Crippen LogP contribution in [0.25, 0.3) is 0 Å². The maximum atomic E-state index is 11.0. The monoisotopic (exact) mass is 236 g/mol. The van der Waals surface area contributed by atoms with Crippen LogP contribution in [0.2, 0.25) is 0 Å². The van der Waals surface area contributed by atoms with Crippen molar-refractivity contribution < 1.29 is 14.3 Å². The number of ether oxygens (including phenoxy) is 1. The molecule has 0 saturated heterocycles. The molecule has 0 atom stereocenters. The normalized spacial score (nSPS) is 9.76. The van der Waals surface area contributed by atoms with Crippen molar-refractivity contribution in [1.82, 2.24) is 0 Å². The Morgan fingerprint density at radius 1 is 1.41 bits per heavy atom. The maximum absolute atomic E-state index is 11.0. The number of benzene rings is 1. The van der Waals surface area contributed by atoms with E-state index < -0.39 is 5.91 Å². The zero-order valence-corrected chi connectivity index (χ0v) is 9.95. The summed E-state index contributed by atoms with van der Waals surface area (Å²) in [6, 6.07) is 5.16. The van der Waals surface area contributed by atoms with E-state index in [2.05, 4.69) is 5.32 Å². The van der Waals surface area contributed by atoms with Crippen LogP contribution in [-0.2, 0) is 16.0 Å². The summed E-state index contributed by atoms with van der Waals surface area (Å²) >= 11 is 0. The molecule has 0 aliphatic rings. The van der Waals surface area contributed by atoms with Gasteiger partial charge in [0, 0.05) is 6.92 Å². The van der Waals surface area contributed by atoms with Crippen LogP contribution in [0.5, 0.6) is 5.75 Å². The van der Waals surface area contributed by atoms with Crippen LogP contribution in [0.1, 0.15) is 19.4 Å². The molecule has 1 aromatic rings. The van der Waals surface area contributed by atoms with E-state index in [-0.39, 0.29) is 12.3 Å². The lowest BCUT2D eigenvalue weighted by atomic mass is 10.1. The maximum Gasteiger partial charge on any atom is 0.221 e. The van der Waals surface area contributed by atoms with Gasteiger partial charge in [0.2, 0.25) is 11.8 Å². The molecule has 0 fully saturated rings. The molecule has 1 aromatic carbocycles. The number of rotatable bonds is 5. The summed E-state index contributed by atoms with van der Waals surface area (Å²) in [4.78, 5) is 21.9. The number of amides is 2. The van der Waals surface area contributed by atoms with E-state index in [0.717, 1.165) is 5.56 Å². The Morgan fingerprint density at radius 3 is 2.65 bits per heavy atom. The summed E-state index contributed by atoms with van der Waals surface area (Å²) in [7, 11) is 0. The van der Waals surface area contributed by atoms with Gasteiger partial charge in [-0.25, -0.2) is 0 Å². The van der Waals surface area contributed by atoms with Crippen LogP contribution in [0, 0.1) is 0 Å². The highest BCUT2D eigenvalue weighted by Crippen LogP contribution is 2.26. The molecule has 0 heterocycles. The number of nitrogens with one attached hydrogen (secondary N) is 1. The SMILES string of the molecule is CCOc1ccc(CC(N)=O)cc1NC(C)=O. The fraction of sp³-hybridized carbons (Fsp3) is 0.333. The lowest BCUT2D eigenvalue weighted by molar-refractivity contribution is -0.117. The molecule has 0 saturated carbocycles. The Kier molecular flexibility index (Phi) is 4.51. The lowest BCUT2D eigenvalue weighted by Gasteiger charge is -2.11. The summed E-state index contributed by atoms with van der Waals surface area (Å²) < 4.78 is 5.37. The fourth-order valence-corrected chi connectivity index (χ4v) is 1.46. The third-order valence-electron chi connectivity index (χ3n) is 2.03. The summed E-state index contributed by atoms with van der Waals surface area (Å²) in [5, 5.41) is 2.66. The standard InChI is InChI=1S/C12H16N2O3/c1-3-17-11-5-4-9(7-12(13)16)6-10(11)14-8(2)15/h4-6H,3,7H2,1-2H3,(H2,13,16)(H,14,15). The number of carbonyl (C=O) groups excluding carboxylic acids is 2. The van der Waals surface area contributed by atoms with Crippen LogP contribution in [0.15, 0.2) is 18.2 Å². The van der Waals surface area contributed by atoms with Gasteiger partial charge in [0.25, 0.3) is 0 Å². The van der Waals surface area contributed by atoms with E-state index in [1.54, 1.807) is 18.2 Å². The van der Waals surface area contributed by atoms with Gasteiger partial charge in [-0.1, -0.05) is 6.07 Å². The van der Waals surface area contributed by atoms with Crippen molar-refractivity contribution in [2.45, 2.75) is 20.3 Å². The van der Waals surface area contributed by atoms with Crippen LogP contribution < -0.4 is 15.8 Å². The first-order valence-electron chi connectivity index (χ1n) is 5.34. The highest BCUT2D eigenvalue weighted by atomic mass is 16.5. The van der Waals surface area contributed by atoms with Gasteiger partial charge in [0.1, 0.15) is 5.75 Å². The molecular weight excluding hydrogens is 220 g/mol. The van der Waals surface area contributed by atoms with Crippen molar-refractivity contribution in [3.63, 3.8) is 0 Å². The fourth-order valence-electron chi connectivity index (χ4n) is 1.46. The predicted molar refractivity (Wildman–Crippen MR) is 64.8 cm³/mol. The van der Waals surface area contributed by atoms with E-state index in [9.17, 15) is 9.59 Å². The smallest absolute Gasteiger partial charge is 0.221 e. The molecule has 3 N–H and O–H groups in total. The Labute approximate surface area is 99.9 Å². The zero-order valence-electron chi connectivity index (χ0n) is 9.95. The number of hydrogen-bond donors (Lipinski definition) is 2. The largest absolute Gasteiger partial charge is 0.492 e. The molecule has 0 unspecified atom stereocenters. The average Bonchev–Trinajstić information content (AvgIpc) is 2.20. The second-order valence-corrected chi connectivity index (χ2v) is 3.59. The molecular formula is C12H16N2O3. The first-order chi connectivity index (χ1) is 8.02. The molecule has 5 heteroatoms. The van der Waals surface area contributed by atoms with Crippen molar-refractivity contribution in [3.05, 3.63) is 23.8 Å². The van der Waals surface area contributed by atoms with Gasteiger partial charge >= 0.3 is 0 Å². The van der Waals surface area contributed by atoms with Crippen molar-refractivity contribution in [2.75, 3.05) is 11.9 Å². The van der Waals surface area contributed by atoms with Crippen molar-refractivity contribution in [1.29, 1.82) is 0 Å².